The lowest BCUT2D eigenvalue weighted by Crippen LogP contribution is -2.24. The fourth-order valence-electron chi connectivity index (χ4n) is 2.46. The zero-order chi connectivity index (χ0) is 14.8. The van der Waals surface area contributed by atoms with E-state index < -0.39 is 5.97 Å². The summed E-state index contributed by atoms with van der Waals surface area (Å²) in [6.07, 6.45) is 1.30. The van der Waals surface area contributed by atoms with Gasteiger partial charge in [-0.25, -0.2) is 0 Å². The van der Waals surface area contributed by atoms with Crippen molar-refractivity contribution in [2.45, 2.75) is 0 Å². The van der Waals surface area contributed by atoms with Crippen molar-refractivity contribution in [1.29, 1.82) is 0 Å². The third-order valence-corrected chi connectivity index (χ3v) is 3.40. The van der Waals surface area contributed by atoms with Crippen molar-refractivity contribution >= 4 is 33.3 Å². The Kier molecular flexibility index (Phi) is 3.41. The van der Waals surface area contributed by atoms with Crippen LogP contribution in [0.1, 0.15) is 10.4 Å². The first-order valence-corrected chi connectivity index (χ1v) is 6.59. The number of aliphatic hydroxyl groups excluding tert-OH is 1. The summed E-state index contributed by atoms with van der Waals surface area (Å²) >= 11 is 0. The summed E-state index contributed by atoms with van der Waals surface area (Å²) in [6.45, 7) is 0.163. The van der Waals surface area contributed by atoms with Gasteiger partial charge in [0, 0.05) is 29.1 Å². The molecular formula is C16H13N2O3-. The second-order valence-electron chi connectivity index (χ2n) is 4.67. The lowest BCUT2D eigenvalue weighted by atomic mass is 10.0. The molecule has 1 aromatic heterocycles. The average Bonchev–Trinajstić information content (AvgIpc) is 2.51. The molecule has 0 radical (unpaired) electrons. The topological polar surface area (TPSA) is 85.3 Å². The van der Waals surface area contributed by atoms with Crippen LogP contribution in [0.5, 0.6) is 0 Å². The number of carbonyl (C=O) groups excluding carboxylic acids is 1. The fourth-order valence-corrected chi connectivity index (χ4v) is 2.46. The molecule has 0 saturated carbocycles. The van der Waals surface area contributed by atoms with Crippen molar-refractivity contribution in [3.8, 4) is 0 Å². The predicted octanol–water partition coefficient (Wildman–Crippen LogP) is 1.16. The van der Waals surface area contributed by atoms with E-state index in [1.807, 2.05) is 36.4 Å². The van der Waals surface area contributed by atoms with Crippen LogP contribution in [0.25, 0.3) is 21.7 Å². The molecule has 5 nitrogen and oxygen atoms in total. The number of benzene rings is 2. The molecule has 0 aliphatic heterocycles. The Bertz CT molecular complexity index is 830. The van der Waals surface area contributed by atoms with Crippen molar-refractivity contribution < 1.29 is 15.0 Å². The molecule has 0 aliphatic carbocycles. The van der Waals surface area contributed by atoms with Crippen LogP contribution >= 0.6 is 0 Å². The lowest BCUT2D eigenvalue weighted by Gasteiger charge is -2.15. The van der Waals surface area contributed by atoms with Gasteiger partial charge >= 0.3 is 0 Å². The molecule has 3 aromatic rings. The minimum absolute atomic E-state index is 0.00812. The molecule has 1 heterocycles. The molecule has 5 heteroatoms. The molecule has 21 heavy (non-hydrogen) atoms. The minimum Gasteiger partial charge on any atom is -0.545 e. The van der Waals surface area contributed by atoms with Crippen molar-refractivity contribution in [2.75, 3.05) is 18.5 Å². The summed E-state index contributed by atoms with van der Waals surface area (Å²) in [5.41, 5.74) is 1.14. The molecule has 0 bridgehead atoms. The van der Waals surface area contributed by atoms with E-state index in [0.29, 0.717) is 11.1 Å². The second-order valence-corrected chi connectivity index (χ2v) is 4.67. The number of aromatic nitrogens is 1. The standard InChI is InChI=1S/C16H14N2O3/c19-8-7-17-15-12-6-5-10-3-1-2-4-11(10)14(12)18-9-13(15)16(20)21/h1-6,9,19H,7-8H2,(H,17,18)(H,20,21)/p-1. The van der Waals surface area contributed by atoms with E-state index in [0.717, 1.165) is 16.3 Å². The Hall–Kier alpha value is -2.66. The largest absolute Gasteiger partial charge is 0.545 e. The van der Waals surface area contributed by atoms with Crippen LogP contribution in [0.4, 0.5) is 5.69 Å². The predicted molar refractivity (Wildman–Crippen MR) is 79.2 cm³/mol. The number of anilines is 1. The van der Waals surface area contributed by atoms with E-state index in [1.54, 1.807) is 0 Å². The molecule has 0 aliphatic rings. The number of nitrogens with zero attached hydrogens (tertiary/aromatic N) is 1. The Morgan fingerprint density at radius 3 is 2.76 bits per heavy atom. The first kappa shape index (κ1) is 13.3. The maximum atomic E-state index is 11.2. The van der Waals surface area contributed by atoms with Gasteiger partial charge in [-0.05, 0) is 5.39 Å². The van der Waals surface area contributed by atoms with E-state index in [9.17, 15) is 9.90 Å². The highest BCUT2D eigenvalue weighted by Crippen LogP contribution is 2.30. The molecule has 106 valence electrons. The molecular weight excluding hydrogens is 268 g/mol. The number of hydrogen-bond acceptors (Lipinski definition) is 5. The summed E-state index contributed by atoms with van der Waals surface area (Å²) in [6, 6.07) is 11.5. The fraction of sp³-hybridized carbons (Fsp3) is 0.125. The number of aliphatic hydroxyl groups is 1. The number of carboxylic acids is 1. The number of nitrogens with one attached hydrogen (secondary N) is 1. The molecule has 0 atom stereocenters. The van der Waals surface area contributed by atoms with E-state index in [4.69, 9.17) is 5.11 Å². The number of carboxylic acid groups (broad SMARTS) is 1. The normalized spacial score (nSPS) is 10.9. The van der Waals surface area contributed by atoms with Gasteiger partial charge in [0.1, 0.15) is 0 Å². The molecule has 0 spiro atoms. The highest BCUT2D eigenvalue weighted by molar-refractivity contribution is 6.12. The zero-order valence-electron chi connectivity index (χ0n) is 11.2. The van der Waals surface area contributed by atoms with Crippen LogP contribution in [-0.4, -0.2) is 29.2 Å². The number of pyridine rings is 1. The molecule has 2 aromatic carbocycles. The minimum atomic E-state index is -1.29. The van der Waals surface area contributed by atoms with Crippen LogP contribution < -0.4 is 10.4 Å². The highest BCUT2D eigenvalue weighted by atomic mass is 16.4. The molecule has 3 rings (SSSR count). The molecule has 0 fully saturated rings. The van der Waals surface area contributed by atoms with E-state index in [1.165, 1.54) is 6.20 Å². The van der Waals surface area contributed by atoms with Crippen molar-refractivity contribution in [3.63, 3.8) is 0 Å². The van der Waals surface area contributed by atoms with Crippen molar-refractivity contribution in [1.82, 2.24) is 4.98 Å². The second kappa shape index (κ2) is 5.38. The summed E-state index contributed by atoms with van der Waals surface area (Å²) in [5.74, 6) is -1.29. The molecule has 2 N–H and O–H groups in total. The number of carbonyl (C=O) groups is 1. The summed E-state index contributed by atoms with van der Waals surface area (Å²) in [4.78, 5) is 15.5. The van der Waals surface area contributed by atoms with E-state index in [-0.39, 0.29) is 18.7 Å². The molecule has 0 unspecified atom stereocenters. The van der Waals surface area contributed by atoms with E-state index in [2.05, 4.69) is 10.3 Å². The number of fused-ring (bicyclic) bond motifs is 3. The Morgan fingerprint density at radius 2 is 2.00 bits per heavy atom. The van der Waals surface area contributed by atoms with Crippen molar-refractivity contribution in [2.24, 2.45) is 0 Å². The van der Waals surface area contributed by atoms with Gasteiger partial charge in [0.2, 0.25) is 0 Å². The van der Waals surface area contributed by atoms with Crippen LogP contribution in [0, 0.1) is 0 Å². The van der Waals surface area contributed by atoms with Crippen LogP contribution in [-0.2, 0) is 0 Å². The quantitative estimate of drug-likeness (QED) is 0.701. The SMILES string of the molecule is O=C([O-])c1cnc2c(ccc3ccccc32)c1NCCO. The average molecular weight is 281 g/mol. The number of hydrogen-bond donors (Lipinski definition) is 2. The summed E-state index contributed by atoms with van der Waals surface area (Å²) in [7, 11) is 0. The summed E-state index contributed by atoms with van der Waals surface area (Å²) in [5, 5.41) is 25.8. The smallest absolute Gasteiger partial charge is 0.0801 e. The number of rotatable bonds is 4. The Morgan fingerprint density at radius 1 is 1.19 bits per heavy atom. The Labute approximate surface area is 120 Å². The van der Waals surface area contributed by atoms with Gasteiger partial charge in [0.15, 0.2) is 0 Å². The van der Waals surface area contributed by atoms with Gasteiger partial charge in [0.25, 0.3) is 0 Å². The van der Waals surface area contributed by atoms with Crippen LogP contribution in [0.2, 0.25) is 0 Å². The maximum absolute atomic E-state index is 11.2. The van der Waals surface area contributed by atoms with Gasteiger partial charge in [0.05, 0.1) is 23.8 Å². The summed E-state index contributed by atoms with van der Waals surface area (Å²) < 4.78 is 0. The van der Waals surface area contributed by atoms with Gasteiger partial charge < -0.3 is 20.3 Å². The Balaban J connectivity index is 2.34. The lowest BCUT2D eigenvalue weighted by molar-refractivity contribution is -0.254. The molecule has 0 amide bonds. The third kappa shape index (κ3) is 2.28. The first-order valence-electron chi connectivity index (χ1n) is 6.59. The van der Waals surface area contributed by atoms with Gasteiger partial charge in [-0.3, -0.25) is 4.98 Å². The monoisotopic (exact) mass is 281 g/mol. The van der Waals surface area contributed by atoms with Gasteiger partial charge in [-0.2, -0.15) is 0 Å². The maximum Gasteiger partial charge on any atom is 0.0801 e. The van der Waals surface area contributed by atoms with E-state index >= 15 is 0 Å². The van der Waals surface area contributed by atoms with Gasteiger partial charge in [-0.1, -0.05) is 36.4 Å². The highest BCUT2D eigenvalue weighted by Gasteiger charge is 2.11. The molecule has 0 saturated heterocycles. The third-order valence-electron chi connectivity index (χ3n) is 3.40. The first-order chi connectivity index (χ1) is 10.2. The van der Waals surface area contributed by atoms with Gasteiger partial charge in [-0.15, -0.1) is 0 Å². The number of aromatic carboxylic acids is 1. The zero-order valence-corrected chi connectivity index (χ0v) is 11.2. The van der Waals surface area contributed by atoms with Crippen molar-refractivity contribution in [3.05, 3.63) is 48.2 Å². The van der Waals surface area contributed by atoms with Crippen LogP contribution in [0.15, 0.2) is 42.6 Å². The van der Waals surface area contributed by atoms with Crippen LogP contribution in [0.3, 0.4) is 0 Å².